The van der Waals surface area contributed by atoms with Crippen molar-refractivity contribution >= 4 is 15.9 Å². The van der Waals surface area contributed by atoms with Crippen LogP contribution in [0.3, 0.4) is 0 Å². The molecular formula is C18H27N3O4S. The number of phenols is 1. The molecule has 144 valence electrons. The van der Waals surface area contributed by atoms with E-state index in [2.05, 4.69) is 10.2 Å². The fraction of sp³-hybridized carbons (Fsp3) is 0.611. The molecule has 3 rings (SSSR count). The van der Waals surface area contributed by atoms with Gasteiger partial charge in [0.15, 0.2) is 9.84 Å². The van der Waals surface area contributed by atoms with E-state index in [0.29, 0.717) is 6.42 Å². The van der Waals surface area contributed by atoms with Gasteiger partial charge >= 0.3 is 6.03 Å². The van der Waals surface area contributed by atoms with E-state index in [1.165, 1.54) is 0 Å². The Morgan fingerprint density at radius 2 is 2.04 bits per heavy atom. The summed E-state index contributed by atoms with van der Waals surface area (Å²) in [6, 6.07) is 7.00. The highest BCUT2D eigenvalue weighted by Gasteiger charge is 2.33. The minimum atomic E-state index is -2.99. The standard InChI is InChI=1S/C18H27N3O4S/c1-20(16-7-10-26(24,25)13-16)18(23)19-15-5-8-21(9-6-15)12-14-3-2-4-17(22)11-14/h2-4,11,15-16,22H,5-10,12-13H2,1H3,(H,19,23). The molecule has 1 aromatic rings. The molecule has 8 heteroatoms. The molecule has 0 saturated carbocycles. The lowest BCUT2D eigenvalue weighted by Gasteiger charge is -2.34. The zero-order chi connectivity index (χ0) is 18.7. The van der Waals surface area contributed by atoms with Gasteiger partial charge in [0.1, 0.15) is 5.75 Å². The van der Waals surface area contributed by atoms with Gasteiger partial charge in [-0.1, -0.05) is 12.1 Å². The Morgan fingerprint density at radius 3 is 2.65 bits per heavy atom. The van der Waals surface area contributed by atoms with Gasteiger partial charge in [0, 0.05) is 38.8 Å². The van der Waals surface area contributed by atoms with Gasteiger partial charge in [-0.05, 0) is 37.0 Å². The van der Waals surface area contributed by atoms with Crippen molar-refractivity contribution in [2.75, 3.05) is 31.6 Å². The van der Waals surface area contributed by atoms with Crippen molar-refractivity contribution in [1.29, 1.82) is 0 Å². The third-order valence-electron chi connectivity index (χ3n) is 5.31. The maximum atomic E-state index is 12.4. The van der Waals surface area contributed by atoms with Crippen molar-refractivity contribution < 1.29 is 18.3 Å². The lowest BCUT2D eigenvalue weighted by Crippen LogP contribution is -2.50. The molecule has 26 heavy (non-hydrogen) atoms. The summed E-state index contributed by atoms with van der Waals surface area (Å²) in [5, 5.41) is 12.6. The second kappa shape index (κ2) is 7.84. The Labute approximate surface area is 154 Å². The van der Waals surface area contributed by atoms with Crippen LogP contribution in [0.15, 0.2) is 24.3 Å². The van der Waals surface area contributed by atoms with Crippen LogP contribution in [0.4, 0.5) is 4.79 Å². The Morgan fingerprint density at radius 1 is 1.31 bits per heavy atom. The summed E-state index contributed by atoms with van der Waals surface area (Å²) in [5.41, 5.74) is 1.08. The number of aromatic hydroxyl groups is 1. The maximum Gasteiger partial charge on any atom is 0.317 e. The molecule has 2 saturated heterocycles. The molecule has 0 aliphatic carbocycles. The van der Waals surface area contributed by atoms with Gasteiger partial charge in [-0.3, -0.25) is 4.90 Å². The van der Waals surface area contributed by atoms with Crippen molar-refractivity contribution in [1.82, 2.24) is 15.1 Å². The largest absolute Gasteiger partial charge is 0.508 e. The summed E-state index contributed by atoms with van der Waals surface area (Å²) in [6.07, 6.45) is 2.25. The number of hydrogen-bond donors (Lipinski definition) is 2. The van der Waals surface area contributed by atoms with Crippen molar-refractivity contribution in [3.63, 3.8) is 0 Å². The maximum absolute atomic E-state index is 12.4. The van der Waals surface area contributed by atoms with Crippen LogP contribution in [-0.4, -0.2) is 73.1 Å². The molecule has 2 aliphatic heterocycles. The fourth-order valence-corrected chi connectivity index (χ4v) is 5.45. The molecule has 2 N–H and O–H groups in total. The number of piperidine rings is 1. The number of sulfone groups is 1. The number of urea groups is 1. The lowest BCUT2D eigenvalue weighted by atomic mass is 10.0. The van der Waals surface area contributed by atoms with E-state index >= 15 is 0 Å². The molecule has 0 aromatic heterocycles. The van der Waals surface area contributed by atoms with E-state index in [0.717, 1.165) is 38.0 Å². The SMILES string of the molecule is CN(C(=O)NC1CCN(Cc2cccc(O)c2)CC1)C1CCS(=O)(=O)C1. The van der Waals surface area contributed by atoms with Crippen LogP contribution >= 0.6 is 0 Å². The number of likely N-dealkylation sites (tertiary alicyclic amines) is 1. The van der Waals surface area contributed by atoms with Gasteiger partial charge in [-0.25, -0.2) is 13.2 Å². The summed E-state index contributed by atoms with van der Waals surface area (Å²) in [7, 11) is -1.31. The van der Waals surface area contributed by atoms with Crippen molar-refractivity contribution in [2.45, 2.75) is 37.9 Å². The molecule has 2 amide bonds. The van der Waals surface area contributed by atoms with Gasteiger partial charge in [0.2, 0.25) is 0 Å². The van der Waals surface area contributed by atoms with Crippen LogP contribution in [-0.2, 0) is 16.4 Å². The molecule has 0 spiro atoms. The van der Waals surface area contributed by atoms with E-state index in [-0.39, 0.29) is 35.4 Å². The molecular weight excluding hydrogens is 354 g/mol. The Bertz CT molecular complexity index is 745. The number of benzene rings is 1. The predicted molar refractivity (Wildman–Crippen MR) is 99.8 cm³/mol. The predicted octanol–water partition coefficient (Wildman–Crippen LogP) is 1.19. The van der Waals surface area contributed by atoms with E-state index in [1.807, 2.05) is 12.1 Å². The Kier molecular flexibility index (Phi) is 5.72. The zero-order valence-corrected chi connectivity index (χ0v) is 15.9. The molecule has 1 unspecified atom stereocenters. The minimum absolute atomic E-state index is 0.0687. The minimum Gasteiger partial charge on any atom is -0.508 e. The van der Waals surface area contributed by atoms with Crippen LogP contribution < -0.4 is 5.32 Å². The summed E-state index contributed by atoms with van der Waals surface area (Å²) in [5.74, 6) is 0.517. The number of rotatable bonds is 4. The van der Waals surface area contributed by atoms with Crippen LogP contribution in [0.2, 0.25) is 0 Å². The fourth-order valence-electron chi connectivity index (χ4n) is 3.67. The number of nitrogens with one attached hydrogen (secondary N) is 1. The van der Waals surface area contributed by atoms with Gasteiger partial charge in [0.05, 0.1) is 11.5 Å². The summed E-state index contributed by atoms with van der Waals surface area (Å²) in [4.78, 5) is 16.3. The van der Waals surface area contributed by atoms with Crippen LogP contribution in [0.25, 0.3) is 0 Å². The smallest absolute Gasteiger partial charge is 0.317 e. The van der Waals surface area contributed by atoms with Crippen LogP contribution in [0, 0.1) is 0 Å². The summed E-state index contributed by atoms with van der Waals surface area (Å²) < 4.78 is 23.2. The first-order valence-corrected chi connectivity index (χ1v) is 10.9. The molecule has 2 heterocycles. The van der Waals surface area contributed by atoms with E-state index in [4.69, 9.17) is 0 Å². The topological polar surface area (TPSA) is 89.9 Å². The normalized spacial score (nSPS) is 23.7. The molecule has 2 fully saturated rings. The number of hydrogen-bond acceptors (Lipinski definition) is 5. The van der Waals surface area contributed by atoms with Crippen molar-refractivity contribution in [3.8, 4) is 5.75 Å². The molecule has 2 aliphatic rings. The Balaban J connectivity index is 1.44. The van der Waals surface area contributed by atoms with Crippen LogP contribution in [0.5, 0.6) is 5.75 Å². The first-order valence-electron chi connectivity index (χ1n) is 9.06. The summed E-state index contributed by atoms with van der Waals surface area (Å²) in [6.45, 7) is 2.54. The average Bonchev–Trinajstić information content (AvgIpc) is 2.96. The molecule has 0 radical (unpaired) electrons. The quantitative estimate of drug-likeness (QED) is 0.818. The zero-order valence-electron chi connectivity index (χ0n) is 15.1. The van der Waals surface area contributed by atoms with Crippen molar-refractivity contribution in [3.05, 3.63) is 29.8 Å². The average molecular weight is 381 g/mol. The molecule has 1 atom stereocenters. The number of carbonyl (C=O) groups is 1. The number of phenolic OH excluding ortho intramolecular Hbond substituents is 1. The number of amides is 2. The highest BCUT2D eigenvalue weighted by atomic mass is 32.2. The monoisotopic (exact) mass is 381 g/mol. The summed E-state index contributed by atoms with van der Waals surface area (Å²) >= 11 is 0. The highest BCUT2D eigenvalue weighted by Crippen LogP contribution is 2.19. The highest BCUT2D eigenvalue weighted by molar-refractivity contribution is 7.91. The van der Waals surface area contributed by atoms with Gasteiger partial charge in [-0.2, -0.15) is 0 Å². The van der Waals surface area contributed by atoms with E-state index < -0.39 is 9.84 Å². The lowest BCUT2D eigenvalue weighted by molar-refractivity contribution is 0.167. The van der Waals surface area contributed by atoms with Gasteiger partial charge < -0.3 is 15.3 Å². The number of carbonyl (C=O) groups excluding carboxylic acids is 1. The first-order chi connectivity index (χ1) is 12.3. The second-order valence-corrected chi connectivity index (χ2v) is 9.57. The van der Waals surface area contributed by atoms with Crippen molar-refractivity contribution in [2.24, 2.45) is 0 Å². The number of nitrogens with zero attached hydrogens (tertiary/aromatic N) is 2. The second-order valence-electron chi connectivity index (χ2n) is 7.34. The first kappa shape index (κ1) is 19.0. The van der Waals surface area contributed by atoms with E-state index in [1.54, 1.807) is 24.1 Å². The van der Waals surface area contributed by atoms with E-state index in [9.17, 15) is 18.3 Å². The third-order valence-corrected chi connectivity index (χ3v) is 7.06. The Hall–Kier alpha value is -1.80. The van der Waals surface area contributed by atoms with Gasteiger partial charge in [-0.15, -0.1) is 0 Å². The molecule has 0 bridgehead atoms. The molecule has 7 nitrogen and oxygen atoms in total. The third kappa shape index (κ3) is 4.88. The van der Waals surface area contributed by atoms with Gasteiger partial charge in [0.25, 0.3) is 0 Å². The molecule has 1 aromatic carbocycles. The van der Waals surface area contributed by atoms with Crippen LogP contribution in [0.1, 0.15) is 24.8 Å².